The van der Waals surface area contributed by atoms with Crippen LogP contribution in [-0.2, 0) is 32.6 Å². The van der Waals surface area contributed by atoms with Gasteiger partial charge in [-0.25, -0.2) is 17.7 Å². The summed E-state index contributed by atoms with van der Waals surface area (Å²) in [7, 11) is -0.594. The highest BCUT2D eigenvalue weighted by Crippen LogP contribution is 2.25. The number of fused-ring (bicyclic) bond motifs is 1. The van der Waals surface area contributed by atoms with Gasteiger partial charge in [0.1, 0.15) is 5.82 Å². The first-order valence-corrected chi connectivity index (χ1v) is 12.1. The molecule has 0 fully saturated rings. The molecule has 3 rings (SSSR count). The number of amides is 2. The van der Waals surface area contributed by atoms with Crippen LogP contribution in [-0.4, -0.2) is 48.2 Å². The van der Waals surface area contributed by atoms with Crippen molar-refractivity contribution in [2.45, 2.75) is 45.1 Å². The molecule has 0 radical (unpaired) electrons. The van der Waals surface area contributed by atoms with Crippen molar-refractivity contribution in [2.75, 3.05) is 24.7 Å². The minimum absolute atomic E-state index is 0.176. The fourth-order valence-corrected chi connectivity index (χ4v) is 4.49. The van der Waals surface area contributed by atoms with Gasteiger partial charge in [-0.2, -0.15) is 0 Å². The van der Waals surface area contributed by atoms with Crippen molar-refractivity contribution in [3.05, 3.63) is 47.8 Å². The number of sulfonamides is 1. The van der Waals surface area contributed by atoms with Gasteiger partial charge in [-0.15, -0.1) is 0 Å². The van der Waals surface area contributed by atoms with Crippen LogP contribution < -0.4 is 10.6 Å². The van der Waals surface area contributed by atoms with Crippen LogP contribution in [0, 0.1) is 6.92 Å². The van der Waals surface area contributed by atoms with Gasteiger partial charge >= 0.3 is 0 Å². The molecule has 2 N–H and O–H groups in total. The van der Waals surface area contributed by atoms with E-state index in [0.717, 1.165) is 15.4 Å². The van der Waals surface area contributed by atoms with Gasteiger partial charge in [0.2, 0.25) is 21.8 Å². The van der Waals surface area contributed by atoms with Crippen LogP contribution in [0.4, 0.5) is 11.4 Å². The topological polar surface area (TPSA) is 113 Å². The number of anilines is 2. The standard InChI is InChI=1S/C23H29N5O4S/c1-6-28-21-10-8-17(33(31,32)27(4)5)14-20(21)25-22(28)11-12-23(30)26-19-13-15(2)7-9-18(19)24-16(3)29/h7-10,13-14H,6,11-12H2,1-5H3,(H,24,29)(H,26,30). The lowest BCUT2D eigenvalue weighted by Gasteiger charge is -2.12. The van der Waals surface area contributed by atoms with Crippen LogP contribution in [0.3, 0.4) is 0 Å². The first-order chi connectivity index (χ1) is 15.5. The lowest BCUT2D eigenvalue weighted by atomic mass is 10.1. The SMILES string of the molecule is CCn1c(CCC(=O)Nc2cc(C)ccc2NC(C)=O)nc2cc(S(=O)(=O)N(C)C)ccc21. The summed E-state index contributed by atoms with van der Waals surface area (Å²) in [4.78, 5) is 28.9. The summed E-state index contributed by atoms with van der Waals surface area (Å²) in [5.41, 5.74) is 3.42. The molecule has 9 nitrogen and oxygen atoms in total. The van der Waals surface area contributed by atoms with Crippen molar-refractivity contribution in [2.24, 2.45) is 0 Å². The van der Waals surface area contributed by atoms with E-state index in [2.05, 4.69) is 15.6 Å². The lowest BCUT2D eigenvalue weighted by molar-refractivity contribution is -0.116. The first-order valence-electron chi connectivity index (χ1n) is 10.6. The van der Waals surface area contributed by atoms with E-state index in [1.165, 1.54) is 21.0 Å². The highest BCUT2D eigenvalue weighted by molar-refractivity contribution is 7.89. The molecule has 0 unspecified atom stereocenters. The summed E-state index contributed by atoms with van der Waals surface area (Å²) in [6.45, 7) is 5.93. The van der Waals surface area contributed by atoms with Gasteiger partial charge in [-0.3, -0.25) is 9.59 Å². The van der Waals surface area contributed by atoms with Crippen LogP contribution in [0.1, 0.15) is 31.7 Å². The first kappa shape index (κ1) is 24.4. The highest BCUT2D eigenvalue weighted by Gasteiger charge is 2.20. The van der Waals surface area contributed by atoms with Crippen molar-refractivity contribution in [3.8, 4) is 0 Å². The Bertz CT molecular complexity index is 1310. The van der Waals surface area contributed by atoms with Gasteiger partial charge < -0.3 is 15.2 Å². The maximum absolute atomic E-state index is 12.7. The maximum atomic E-state index is 12.7. The number of nitrogens with zero attached hydrogens (tertiary/aromatic N) is 3. The predicted octanol–water partition coefficient (Wildman–Crippen LogP) is 3.14. The van der Waals surface area contributed by atoms with E-state index < -0.39 is 10.0 Å². The molecule has 33 heavy (non-hydrogen) atoms. The summed E-state index contributed by atoms with van der Waals surface area (Å²) < 4.78 is 28.1. The summed E-state index contributed by atoms with van der Waals surface area (Å²) >= 11 is 0. The molecule has 2 amide bonds. The number of hydrogen-bond acceptors (Lipinski definition) is 5. The summed E-state index contributed by atoms with van der Waals surface area (Å²) in [5, 5.41) is 5.58. The van der Waals surface area contributed by atoms with Crippen LogP contribution in [0.5, 0.6) is 0 Å². The molecule has 176 valence electrons. The Morgan fingerprint density at radius 3 is 2.42 bits per heavy atom. The molecule has 1 aromatic heterocycles. The van der Waals surface area contributed by atoms with E-state index in [9.17, 15) is 18.0 Å². The number of nitrogens with one attached hydrogen (secondary N) is 2. The summed E-state index contributed by atoms with van der Waals surface area (Å²) in [5.74, 6) is 0.271. The fourth-order valence-electron chi connectivity index (χ4n) is 3.57. The van der Waals surface area contributed by atoms with Crippen molar-refractivity contribution in [1.82, 2.24) is 13.9 Å². The molecule has 3 aromatic rings. The zero-order chi connectivity index (χ0) is 24.3. The molecular weight excluding hydrogens is 442 g/mol. The van der Waals surface area contributed by atoms with Gasteiger partial charge in [0.05, 0.1) is 27.3 Å². The lowest BCUT2D eigenvalue weighted by Crippen LogP contribution is -2.22. The molecular formula is C23H29N5O4S. The Hall–Kier alpha value is -3.24. The monoisotopic (exact) mass is 471 g/mol. The second-order valence-electron chi connectivity index (χ2n) is 7.99. The van der Waals surface area contributed by atoms with E-state index in [1.807, 2.05) is 24.5 Å². The van der Waals surface area contributed by atoms with Gasteiger partial charge in [-0.05, 0) is 49.7 Å². The fraction of sp³-hybridized carbons (Fsp3) is 0.348. The van der Waals surface area contributed by atoms with Crippen LogP contribution in [0.25, 0.3) is 11.0 Å². The number of hydrogen-bond donors (Lipinski definition) is 2. The number of rotatable bonds is 8. The Morgan fingerprint density at radius 2 is 1.79 bits per heavy atom. The third-order valence-corrected chi connectivity index (χ3v) is 7.04. The number of aromatic nitrogens is 2. The molecule has 0 saturated carbocycles. The van der Waals surface area contributed by atoms with E-state index >= 15 is 0 Å². The minimum atomic E-state index is -3.57. The van der Waals surface area contributed by atoms with Crippen LogP contribution in [0.15, 0.2) is 41.3 Å². The Morgan fingerprint density at radius 1 is 1.06 bits per heavy atom. The Balaban J connectivity index is 1.81. The van der Waals surface area contributed by atoms with E-state index in [0.29, 0.717) is 35.7 Å². The van der Waals surface area contributed by atoms with Crippen molar-refractivity contribution in [1.29, 1.82) is 0 Å². The number of imidazole rings is 1. The molecule has 0 aliphatic carbocycles. The molecule has 0 aliphatic heterocycles. The predicted molar refractivity (Wildman–Crippen MR) is 129 cm³/mol. The average molecular weight is 472 g/mol. The quantitative estimate of drug-likeness (QED) is 0.524. The number of carbonyl (C=O) groups excluding carboxylic acids is 2. The normalized spacial score (nSPS) is 11.7. The third-order valence-electron chi connectivity index (χ3n) is 5.23. The number of benzene rings is 2. The average Bonchev–Trinajstić information content (AvgIpc) is 3.10. The second kappa shape index (κ2) is 9.72. The molecule has 0 atom stereocenters. The number of carbonyl (C=O) groups is 2. The van der Waals surface area contributed by atoms with Gasteiger partial charge in [0.15, 0.2) is 0 Å². The second-order valence-corrected chi connectivity index (χ2v) is 10.1. The van der Waals surface area contributed by atoms with E-state index in [1.54, 1.807) is 30.3 Å². The summed E-state index contributed by atoms with van der Waals surface area (Å²) in [6.07, 6.45) is 0.561. The summed E-state index contributed by atoms with van der Waals surface area (Å²) in [6, 6.07) is 10.3. The van der Waals surface area contributed by atoms with Crippen LogP contribution in [0.2, 0.25) is 0 Å². The van der Waals surface area contributed by atoms with E-state index in [4.69, 9.17) is 0 Å². The smallest absolute Gasteiger partial charge is 0.242 e. The highest BCUT2D eigenvalue weighted by atomic mass is 32.2. The van der Waals surface area contributed by atoms with Gasteiger partial charge in [0.25, 0.3) is 0 Å². The largest absolute Gasteiger partial charge is 0.328 e. The van der Waals surface area contributed by atoms with Crippen molar-refractivity contribution >= 4 is 44.2 Å². The van der Waals surface area contributed by atoms with Gasteiger partial charge in [-0.1, -0.05) is 6.07 Å². The molecule has 2 aromatic carbocycles. The molecule has 0 aliphatic rings. The van der Waals surface area contributed by atoms with Gasteiger partial charge in [0, 0.05) is 40.4 Å². The molecule has 1 heterocycles. The minimum Gasteiger partial charge on any atom is -0.328 e. The van der Waals surface area contributed by atoms with Crippen molar-refractivity contribution in [3.63, 3.8) is 0 Å². The molecule has 0 bridgehead atoms. The van der Waals surface area contributed by atoms with E-state index in [-0.39, 0.29) is 23.1 Å². The Labute approximate surface area is 193 Å². The zero-order valence-electron chi connectivity index (χ0n) is 19.5. The molecule has 0 saturated heterocycles. The molecule has 10 heteroatoms. The third kappa shape index (κ3) is 5.40. The Kier molecular flexibility index (Phi) is 7.19. The zero-order valence-corrected chi connectivity index (χ0v) is 20.3. The van der Waals surface area contributed by atoms with Crippen LogP contribution >= 0.6 is 0 Å². The van der Waals surface area contributed by atoms with Crippen molar-refractivity contribution < 1.29 is 18.0 Å². The molecule has 0 spiro atoms. The number of aryl methyl sites for hydroxylation is 3. The maximum Gasteiger partial charge on any atom is 0.242 e.